The molecule has 0 unspecified atom stereocenters. The van der Waals surface area contributed by atoms with Gasteiger partial charge in [-0.1, -0.05) is 0 Å². The molecular formula is C14H19N5O2. The van der Waals surface area contributed by atoms with Crippen LogP contribution in [0.1, 0.15) is 18.5 Å². The molecule has 1 fully saturated rings. The average Bonchev–Trinajstić information content (AvgIpc) is 3.06. The number of nitrogens with one attached hydrogen (secondary N) is 2. The van der Waals surface area contributed by atoms with Crippen molar-refractivity contribution < 1.29 is 9.53 Å². The molecule has 7 nitrogen and oxygen atoms in total. The van der Waals surface area contributed by atoms with Crippen molar-refractivity contribution in [2.75, 3.05) is 18.5 Å². The Hall–Kier alpha value is -2.15. The topological polar surface area (TPSA) is 81.1 Å². The van der Waals surface area contributed by atoms with Crippen LogP contribution in [0.15, 0.2) is 12.3 Å². The number of hydrogen-bond acceptors (Lipinski definition) is 4. The standard InChI is InChI=1S/C14H19N5O2/c1-9-12-6-10(7-15-13(12)19(2)18-9)17-14(20)16-8-11-4-3-5-21-11/h6-7,11H,3-5,8H2,1-2H3,(H2,16,17,20)/t11-/m0/s1. The summed E-state index contributed by atoms with van der Waals surface area (Å²) in [5.74, 6) is 0. The summed E-state index contributed by atoms with van der Waals surface area (Å²) in [4.78, 5) is 16.2. The highest BCUT2D eigenvalue weighted by Crippen LogP contribution is 2.19. The first-order valence-electron chi connectivity index (χ1n) is 7.09. The SMILES string of the molecule is Cc1nn(C)c2ncc(NC(=O)NC[C@@H]3CCCO3)cc12. The zero-order chi connectivity index (χ0) is 14.8. The second-order valence-electron chi connectivity index (χ2n) is 5.27. The largest absolute Gasteiger partial charge is 0.376 e. The molecule has 3 rings (SSSR count). The third-order valence-electron chi connectivity index (χ3n) is 3.64. The average molecular weight is 289 g/mol. The molecule has 0 aromatic carbocycles. The zero-order valence-corrected chi connectivity index (χ0v) is 12.2. The van der Waals surface area contributed by atoms with Crippen LogP contribution in [0.3, 0.4) is 0 Å². The smallest absolute Gasteiger partial charge is 0.319 e. The maximum absolute atomic E-state index is 11.9. The van der Waals surface area contributed by atoms with Crippen LogP contribution < -0.4 is 10.6 Å². The number of aromatic nitrogens is 3. The molecule has 1 aliphatic rings. The fraction of sp³-hybridized carbons (Fsp3) is 0.500. The molecule has 2 N–H and O–H groups in total. The third-order valence-corrected chi connectivity index (χ3v) is 3.64. The van der Waals surface area contributed by atoms with Gasteiger partial charge in [0.2, 0.25) is 0 Å². The van der Waals surface area contributed by atoms with E-state index in [0.717, 1.165) is 36.2 Å². The molecular weight excluding hydrogens is 270 g/mol. The van der Waals surface area contributed by atoms with Crippen LogP contribution in [0.4, 0.5) is 10.5 Å². The molecule has 3 heterocycles. The van der Waals surface area contributed by atoms with E-state index in [0.29, 0.717) is 12.2 Å². The molecule has 1 atom stereocenters. The fourth-order valence-electron chi connectivity index (χ4n) is 2.56. The van der Waals surface area contributed by atoms with Gasteiger partial charge in [-0.2, -0.15) is 5.10 Å². The minimum absolute atomic E-state index is 0.136. The number of nitrogens with zero attached hydrogens (tertiary/aromatic N) is 3. The molecule has 21 heavy (non-hydrogen) atoms. The third kappa shape index (κ3) is 2.97. The molecule has 0 aliphatic carbocycles. The molecule has 112 valence electrons. The molecule has 2 aromatic rings. The summed E-state index contributed by atoms with van der Waals surface area (Å²) in [5, 5.41) is 10.9. The Balaban J connectivity index is 1.63. The minimum Gasteiger partial charge on any atom is -0.376 e. The van der Waals surface area contributed by atoms with E-state index in [1.165, 1.54) is 0 Å². The van der Waals surface area contributed by atoms with E-state index < -0.39 is 0 Å². The first-order chi connectivity index (χ1) is 10.1. The number of hydrogen-bond donors (Lipinski definition) is 2. The van der Waals surface area contributed by atoms with Gasteiger partial charge in [0.15, 0.2) is 5.65 Å². The monoisotopic (exact) mass is 289 g/mol. The molecule has 1 saturated heterocycles. The van der Waals surface area contributed by atoms with Gasteiger partial charge in [0, 0.05) is 25.6 Å². The van der Waals surface area contributed by atoms with Crippen molar-refractivity contribution in [2.24, 2.45) is 7.05 Å². The molecule has 2 amide bonds. The normalized spacial score (nSPS) is 18.1. The Morgan fingerprint density at radius 1 is 1.57 bits per heavy atom. The maximum atomic E-state index is 11.9. The molecule has 7 heteroatoms. The van der Waals surface area contributed by atoms with Gasteiger partial charge in [-0.3, -0.25) is 4.68 Å². The lowest BCUT2D eigenvalue weighted by molar-refractivity contribution is 0.112. The zero-order valence-electron chi connectivity index (χ0n) is 12.2. The number of carbonyl (C=O) groups is 1. The molecule has 0 spiro atoms. The van der Waals surface area contributed by atoms with Gasteiger partial charge in [-0.05, 0) is 25.8 Å². The van der Waals surface area contributed by atoms with Crippen LogP contribution in [0.2, 0.25) is 0 Å². The van der Waals surface area contributed by atoms with Crippen LogP contribution in [0, 0.1) is 6.92 Å². The van der Waals surface area contributed by atoms with E-state index in [1.54, 1.807) is 10.9 Å². The Morgan fingerprint density at radius 2 is 2.43 bits per heavy atom. The van der Waals surface area contributed by atoms with Gasteiger partial charge in [0.1, 0.15) is 0 Å². The molecule has 0 bridgehead atoms. The van der Waals surface area contributed by atoms with Gasteiger partial charge >= 0.3 is 6.03 Å². The van der Waals surface area contributed by atoms with Crippen molar-refractivity contribution >= 4 is 22.8 Å². The van der Waals surface area contributed by atoms with E-state index in [-0.39, 0.29) is 12.1 Å². The number of rotatable bonds is 3. The Labute approximate surface area is 122 Å². The number of anilines is 1. The van der Waals surface area contributed by atoms with Crippen molar-refractivity contribution in [1.29, 1.82) is 0 Å². The van der Waals surface area contributed by atoms with Gasteiger partial charge < -0.3 is 15.4 Å². The first-order valence-corrected chi connectivity index (χ1v) is 7.09. The summed E-state index contributed by atoms with van der Waals surface area (Å²) in [6, 6.07) is 1.64. The Bertz CT molecular complexity index is 661. The summed E-state index contributed by atoms with van der Waals surface area (Å²) < 4.78 is 7.19. The van der Waals surface area contributed by atoms with Crippen molar-refractivity contribution in [3.05, 3.63) is 18.0 Å². The molecule has 0 radical (unpaired) electrons. The number of urea groups is 1. The van der Waals surface area contributed by atoms with E-state index >= 15 is 0 Å². The first kappa shape index (κ1) is 13.8. The molecule has 1 aliphatic heterocycles. The van der Waals surface area contributed by atoms with Gasteiger partial charge in [-0.15, -0.1) is 0 Å². The highest BCUT2D eigenvalue weighted by atomic mass is 16.5. The van der Waals surface area contributed by atoms with E-state index in [4.69, 9.17) is 4.74 Å². The quantitative estimate of drug-likeness (QED) is 0.899. The van der Waals surface area contributed by atoms with Crippen LogP contribution in [0.25, 0.3) is 11.0 Å². The van der Waals surface area contributed by atoms with Crippen molar-refractivity contribution in [3.8, 4) is 0 Å². The number of amides is 2. The fourth-order valence-corrected chi connectivity index (χ4v) is 2.56. The van der Waals surface area contributed by atoms with Crippen LogP contribution in [-0.2, 0) is 11.8 Å². The number of fused-ring (bicyclic) bond motifs is 1. The lowest BCUT2D eigenvalue weighted by Crippen LogP contribution is -2.35. The second kappa shape index (κ2) is 5.69. The number of aryl methyl sites for hydroxylation is 2. The minimum atomic E-state index is -0.242. The summed E-state index contributed by atoms with van der Waals surface area (Å²) in [6.07, 6.45) is 3.84. The second-order valence-corrected chi connectivity index (χ2v) is 5.27. The lowest BCUT2D eigenvalue weighted by atomic mass is 10.2. The van der Waals surface area contributed by atoms with Gasteiger partial charge in [0.25, 0.3) is 0 Å². The van der Waals surface area contributed by atoms with Crippen LogP contribution in [0.5, 0.6) is 0 Å². The van der Waals surface area contributed by atoms with Gasteiger partial charge in [0.05, 0.1) is 23.7 Å². The van der Waals surface area contributed by atoms with Crippen molar-refractivity contribution in [1.82, 2.24) is 20.1 Å². The molecule has 2 aromatic heterocycles. The number of ether oxygens (including phenoxy) is 1. The van der Waals surface area contributed by atoms with Crippen LogP contribution >= 0.6 is 0 Å². The van der Waals surface area contributed by atoms with E-state index in [1.807, 2.05) is 20.0 Å². The van der Waals surface area contributed by atoms with E-state index in [9.17, 15) is 4.79 Å². The lowest BCUT2D eigenvalue weighted by Gasteiger charge is -2.11. The van der Waals surface area contributed by atoms with E-state index in [2.05, 4.69) is 20.7 Å². The maximum Gasteiger partial charge on any atom is 0.319 e. The summed E-state index contributed by atoms with van der Waals surface area (Å²) >= 11 is 0. The highest BCUT2D eigenvalue weighted by Gasteiger charge is 2.16. The Kier molecular flexibility index (Phi) is 3.74. The number of pyridine rings is 1. The highest BCUT2D eigenvalue weighted by molar-refractivity contribution is 5.92. The summed E-state index contributed by atoms with van der Waals surface area (Å²) in [5.41, 5.74) is 2.35. The number of carbonyl (C=O) groups excluding carboxylic acids is 1. The van der Waals surface area contributed by atoms with Crippen molar-refractivity contribution in [2.45, 2.75) is 25.9 Å². The van der Waals surface area contributed by atoms with Crippen LogP contribution in [-0.4, -0.2) is 40.1 Å². The van der Waals surface area contributed by atoms with Crippen molar-refractivity contribution in [3.63, 3.8) is 0 Å². The van der Waals surface area contributed by atoms with Gasteiger partial charge in [-0.25, -0.2) is 9.78 Å². The summed E-state index contributed by atoms with van der Waals surface area (Å²) in [6.45, 7) is 3.24. The summed E-state index contributed by atoms with van der Waals surface area (Å²) in [7, 11) is 1.85. The predicted octanol–water partition coefficient (Wildman–Crippen LogP) is 1.58. The predicted molar refractivity (Wildman–Crippen MR) is 79.2 cm³/mol. The molecule has 0 saturated carbocycles. The Morgan fingerprint density at radius 3 is 3.19 bits per heavy atom.